The van der Waals surface area contributed by atoms with Crippen LogP contribution in [0.1, 0.15) is 49.2 Å². The number of nitrogen functional groups attached to an aromatic ring is 1. The highest BCUT2D eigenvalue weighted by Gasteiger charge is 2.39. The second-order valence-corrected chi connectivity index (χ2v) is 6.75. The number of benzene rings is 2. The summed E-state index contributed by atoms with van der Waals surface area (Å²) in [5.41, 5.74) is 8.86. The van der Waals surface area contributed by atoms with E-state index in [-0.39, 0.29) is 10.8 Å². The van der Waals surface area contributed by atoms with Crippen LogP contribution in [0.25, 0.3) is 0 Å². The Morgan fingerprint density at radius 2 is 1.18 bits per heavy atom. The van der Waals surface area contributed by atoms with Gasteiger partial charge in [0.1, 0.15) is 0 Å². The molecule has 2 rings (SSSR count). The zero-order valence-electron chi connectivity index (χ0n) is 13.6. The van der Waals surface area contributed by atoms with Gasteiger partial charge in [0.2, 0.25) is 0 Å². The first-order valence-corrected chi connectivity index (χ1v) is 7.36. The van der Waals surface area contributed by atoms with E-state index in [0.29, 0.717) is 5.56 Å². The molecule has 0 radical (unpaired) electrons. The van der Waals surface area contributed by atoms with E-state index in [1.165, 1.54) is 5.56 Å². The monoisotopic (exact) mass is 297 g/mol. The Kier molecular flexibility index (Phi) is 4.01. The smallest absolute Gasteiger partial charge is 0.335 e. The number of hydrogen-bond acceptors (Lipinski definition) is 2. The number of rotatable bonds is 4. The average Bonchev–Trinajstić information content (AvgIpc) is 2.47. The van der Waals surface area contributed by atoms with Gasteiger partial charge in [-0.05, 0) is 46.2 Å². The third kappa shape index (κ3) is 2.71. The standard InChI is InChI=1S/C19H23NO2/c1-18(2,14-7-5-13(6-8-14)17(21)22)19(3,4)15-9-11-16(20)12-10-15/h5-12H,20H2,1-4H3,(H,21,22). The van der Waals surface area contributed by atoms with Gasteiger partial charge >= 0.3 is 5.97 Å². The number of aromatic carboxylic acids is 1. The van der Waals surface area contributed by atoms with E-state index in [0.717, 1.165) is 11.3 Å². The van der Waals surface area contributed by atoms with Gasteiger partial charge in [-0.2, -0.15) is 0 Å². The maximum atomic E-state index is 11.0. The molecule has 0 atom stereocenters. The lowest BCUT2D eigenvalue weighted by Crippen LogP contribution is -2.40. The topological polar surface area (TPSA) is 63.3 Å². The van der Waals surface area contributed by atoms with E-state index >= 15 is 0 Å². The molecule has 0 bridgehead atoms. The highest BCUT2D eigenvalue weighted by molar-refractivity contribution is 5.87. The number of nitrogens with two attached hydrogens (primary N) is 1. The van der Waals surface area contributed by atoms with Crippen LogP contribution in [0.15, 0.2) is 48.5 Å². The summed E-state index contributed by atoms with van der Waals surface area (Å²) in [7, 11) is 0. The maximum Gasteiger partial charge on any atom is 0.335 e. The van der Waals surface area contributed by atoms with Crippen molar-refractivity contribution in [1.29, 1.82) is 0 Å². The minimum Gasteiger partial charge on any atom is -0.478 e. The van der Waals surface area contributed by atoms with Gasteiger partial charge in [-0.15, -0.1) is 0 Å². The van der Waals surface area contributed by atoms with E-state index in [1.807, 2.05) is 24.3 Å². The minimum absolute atomic E-state index is 0.133. The normalized spacial score (nSPS) is 12.2. The van der Waals surface area contributed by atoms with Crippen molar-refractivity contribution in [3.63, 3.8) is 0 Å². The third-order valence-electron chi connectivity index (χ3n) is 5.05. The van der Waals surface area contributed by atoms with Crippen LogP contribution in [-0.2, 0) is 10.8 Å². The quantitative estimate of drug-likeness (QED) is 0.830. The van der Waals surface area contributed by atoms with Crippen LogP contribution in [0.2, 0.25) is 0 Å². The van der Waals surface area contributed by atoms with Gasteiger partial charge in [-0.1, -0.05) is 52.0 Å². The summed E-state index contributed by atoms with van der Waals surface area (Å²) in [6, 6.07) is 15.1. The molecule has 116 valence electrons. The maximum absolute atomic E-state index is 11.0. The van der Waals surface area contributed by atoms with Gasteiger partial charge in [-0.3, -0.25) is 0 Å². The second kappa shape index (κ2) is 5.48. The van der Waals surface area contributed by atoms with Crippen molar-refractivity contribution in [3.8, 4) is 0 Å². The summed E-state index contributed by atoms with van der Waals surface area (Å²) < 4.78 is 0. The summed E-state index contributed by atoms with van der Waals surface area (Å²) in [5, 5.41) is 9.03. The van der Waals surface area contributed by atoms with Crippen LogP contribution in [0.5, 0.6) is 0 Å². The molecule has 0 aliphatic rings. The van der Waals surface area contributed by atoms with E-state index < -0.39 is 5.97 Å². The molecule has 0 amide bonds. The first-order valence-electron chi connectivity index (χ1n) is 7.36. The van der Waals surface area contributed by atoms with E-state index in [1.54, 1.807) is 12.1 Å². The molecule has 0 fully saturated rings. The zero-order valence-corrected chi connectivity index (χ0v) is 13.6. The Morgan fingerprint density at radius 3 is 1.55 bits per heavy atom. The van der Waals surface area contributed by atoms with Crippen LogP contribution >= 0.6 is 0 Å². The largest absolute Gasteiger partial charge is 0.478 e. The zero-order chi connectivity index (χ0) is 16.5. The number of carboxylic acids is 1. The summed E-state index contributed by atoms with van der Waals surface area (Å²) in [6.45, 7) is 8.76. The molecule has 3 nitrogen and oxygen atoms in total. The van der Waals surface area contributed by atoms with Crippen molar-refractivity contribution in [3.05, 3.63) is 65.2 Å². The SMILES string of the molecule is CC(C)(c1ccc(N)cc1)C(C)(C)c1ccc(C(=O)O)cc1. The fraction of sp³-hybridized carbons (Fsp3) is 0.316. The van der Waals surface area contributed by atoms with Gasteiger partial charge < -0.3 is 10.8 Å². The number of carboxylic acid groups (broad SMARTS) is 1. The molecule has 3 N–H and O–H groups in total. The Labute approximate surface area is 131 Å². The number of carbonyl (C=O) groups is 1. The Hall–Kier alpha value is -2.29. The summed E-state index contributed by atoms with van der Waals surface area (Å²) in [4.78, 5) is 11.0. The molecule has 2 aromatic rings. The molecule has 3 heteroatoms. The van der Waals surface area contributed by atoms with Crippen molar-refractivity contribution in [2.45, 2.75) is 38.5 Å². The molecule has 0 saturated heterocycles. The van der Waals surface area contributed by atoms with Crippen LogP contribution in [0, 0.1) is 0 Å². The Bertz CT molecular complexity index is 668. The molecular formula is C19H23NO2. The van der Waals surface area contributed by atoms with E-state index in [2.05, 4.69) is 39.8 Å². The van der Waals surface area contributed by atoms with Gasteiger partial charge in [0, 0.05) is 5.69 Å². The lowest BCUT2D eigenvalue weighted by Gasteiger charge is -2.43. The van der Waals surface area contributed by atoms with Crippen LogP contribution in [-0.4, -0.2) is 11.1 Å². The first-order chi connectivity index (χ1) is 10.2. The summed E-state index contributed by atoms with van der Waals surface area (Å²) in [6.07, 6.45) is 0. The van der Waals surface area contributed by atoms with Gasteiger partial charge in [-0.25, -0.2) is 4.79 Å². The van der Waals surface area contributed by atoms with Crippen LogP contribution < -0.4 is 5.73 Å². The Morgan fingerprint density at radius 1 is 0.818 bits per heavy atom. The molecule has 22 heavy (non-hydrogen) atoms. The molecule has 0 saturated carbocycles. The van der Waals surface area contributed by atoms with Crippen molar-refractivity contribution < 1.29 is 9.90 Å². The summed E-state index contributed by atoms with van der Waals surface area (Å²) >= 11 is 0. The molecule has 0 unspecified atom stereocenters. The van der Waals surface area contributed by atoms with Crippen LogP contribution in [0.4, 0.5) is 5.69 Å². The minimum atomic E-state index is -0.901. The van der Waals surface area contributed by atoms with Crippen molar-refractivity contribution in [2.24, 2.45) is 0 Å². The first kappa shape index (κ1) is 16.1. The highest BCUT2D eigenvalue weighted by atomic mass is 16.4. The highest BCUT2D eigenvalue weighted by Crippen LogP contribution is 2.43. The number of hydrogen-bond donors (Lipinski definition) is 2. The molecule has 0 aliphatic carbocycles. The van der Waals surface area contributed by atoms with E-state index in [4.69, 9.17) is 10.8 Å². The predicted octanol–water partition coefficient (Wildman–Crippen LogP) is 4.22. The van der Waals surface area contributed by atoms with Crippen molar-refractivity contribution >= 4 is 11.7 Å². The molecule has 0 aromatic heterocycles. The fourth-order valence-electron chi connectivity index (χ4n) is 2.65. The fourth-order valence-corrected chi connectivity index (χ4v) is 2.65. The van der Waals surface area contributed by atoms with Gasteiger partial charge in [0.05, 0.1) is 5.56 Å². The van der Waals surface area contributed by atoms with Gasteiger partial charge in [0.15, 0.2) is 0 Å². The van der Waals surface area contributed by atoms with Crippen molar-refractivity contribution in [1.82, 2.24) is 0 Å². The van der Waals surface area contributed by atoms with Crippen molar-refractivity contribution in [2.75, 3.05) is 5.73 Å². The lowest BCUT2D eigenvalue weighted by atomic mass is 9.61. The Balaban J connectivity index is 2.42. The molecule has 0 spiro atoms. The molecular weight excluding hydrogens is 274 g/mol. The third-order valence-corrected chi connectivity index (χ3v) is 5.05. The van der Waals surface area contributed by atoms with Crippen LogP contribution in [0.3, 0.4) is 0 Å². The molecule has 0 heterocycles. The van der Waals surface area contributed by atoms with E-state index in [9.17, 15) is 4.79 Å². The summed E-state index contributed by atoms with van der Waals surface area (Å²) in [5.74, 6) is -0.901. The number of anilines is 1. The lowest BCUT2D eigenvalue weighted by molar-refractivity contribution is 0.0697. The second-order valence-electron chi connectivity index (χ2n) is 6.75. The average molecular weight is 297 g/mol. The van der Waals surface area contributed by atoms with Gasteiger partial charge in [0.25, 0.3) is 0 Å². The molecule has 2 aromatic carbocycles. The predicted molar refractivity (Wildman–Crippen MR) is 90.3 cm³/mol. The molecule has 0 aliphatic heterocycles.